The van der Waals surface area contributed by atoms with Crippen LogP contribution in [-0.4, -0.2) is 40.2 Å². The minimum Gasteiger partial charge on any atom is -0.444 e. The van der Waals surface area contributed by atoms with Gasteiger partial charge in [-0.3, -0.25) is 0 Å². The molecule has 1 aliphatic heterocycles. The van der Waals surface area contributed by atoms with Gasteiger partial charge in [-0.15, -0.1) is 11.3 Å². The Morgan fingerprint density at radius 3 is 2.26 bits per heavy atom. The Kier molecular flexibility index (Phi) is 8.05. The van der Waals surface area contributed by atoms with Gasteiger partial charge in [0.15, 0.2) is 0 Å². The zero-order valence-corrected chi connectivity index (χ0v) is 23.4. The molecule has 1 amide bonds. The van der Waals surface area contributed by atoms with Crippen LogP contribution in [0.3, 0.4) is 0 Å². The average molecular weight is 580 g/mol. The van der Waals surface area contributed by atoms with Crippen LogP contribution in [0.5, 0.6) is 0 Å². The van der Waals surface area contributed by atoms with E-state index in [0.717, 1.165) is 27.2 Å². The second-order valence-corrected chi connectivity index (χ2v) is 13.9. The molecule has 0 N–H and O–H groups in total. The molecule has 1 saturated heterocycles. The fourth-order valence-corrected chi connectivity index (χ4v) is 6.10. The lowest BCUT2D eigenvalue weighted by molar-refractivity contribution is -0.0328. The molecule has 4 nitrogen and oxygen atoms in total. The predicted octanol–water partition coefficient (Wildman–Crippen LogP) is 8.60. The van der Waals surface area contributed by atoms with E-state index < -0.39 is 11.1 Å². The maximum absolute atomic E-state index is 13.1. The molecule has 3 rings (SSSR count). The summed E-state index contributed by atoms with van der Waals surface area (Å²) >= 11 is 5.00. The van der Waals surface area contributed by atoms with E-state index in [9.17, 15) is 18.0 Å². The molecule has 0 unspecified atom stereocenters. The fraction of sp³-hybridized carbons (Fsp3) is 0.583. The van der Waals surface area contributed by atoms with Crippen molar-refractivity contribution in [3.05, 3.63) is 32.6 Å². The lowest BCUT2D eigenvalue weighted by Gasteiger charge is -2.32. The lowest BCUT2D eigenvalue weighted by atomic mass is 9.86. The Labute approximate surface area is 215 Å². The van der Waals surface area contributed by atoms with Crippen LogP contribution in [-0.2, 0) is 10.2 Å². The van der Waals surface area contributed by atoms with Crippen molar-refractivity contribution < 1.29 is 22.7 Å². The van der Waals surface area contributed by atoms with E-state index in [1.807, 2.05) is 47.6 Å². The zero-order valence-electron chi connectivity index (χ0n) is 20.2. The normalized spacial score (nSPS) is 16.1. The number of rotatable bonds is 3. The van der Waals surface area contributed by atoms with Crippen molar-refractivity contribution >= 4 is 45.1 Å². The van der Waals surface area contributed by atoms with Crippen molar-refractivity contribution in [3.8, 4) is 11.3 Å². The van der Waals surface area contributed by atoms with Crippen LogP contribution in [0, 0.1) is 0 Å². The summed E-state index contributed by atoms with van der Waals surface area (Å²) in [6.07, 6.45) is 1.21. The molecule has 1 aromatic heterocycles. The number of likely N-dealkylation sites (tertiary alicyclic amines) is 1. The van der Waals surface area contributed by atoms with E-state index in [0.29, 0.717) is 24.3 Å². The highest BCUT2D eigenvalue weighted by atomic mass is 79.9. The zero-order chi connectivity index (χ0) is 25.5. The van der Waals surface area contributed by atoms with Crippen molar-refractivity contribution in [1.29, 1.82) is 0 Å². The van der Waals surface area contributed by atoms with Gasteiger partial charge in [0.2, 0.25) is 0 Å². The number of hydrogen-bond donors (Lipinski definition) is 0. The second-order valence-electron chi connectivity index (χ2n) is 10.5. The minimum atomic E-state index is -4.36. The van der Waals surface area contributed by atoms with E-state index in [1.165, 1.54) is 11.3 Å². The van der Waals surface area contributed by atoms with E-state index in [4.69, 9.17) is 9.72 Å². The number of hydrogen-bond acceptors (Lipinski definition) is 5. The first-order valence-corrected chi connectivity index (χ1v) is 13.5. The van der Waals surface area contributed by atoms with Gasteiger partial charge in [0.05, 0.1) is 14.5 Å². The van der Waals surface area contributed by atoms with E-state index in [-0.39, 0.29) is 34.1 Å². The van der Waals surface area contributed by atoms with Gasteiger partial charge < -0.3 is 9.64 Å². The van der Waals surface area contributed by atoms with E-state index in [1.54, 1.807) is 17.0 Å². The number of carbonyl (C=O) groups excluding carboxylic acids is 1. The molecule has 34 heavy (non-hydrogen) atoms. The minimum absolute atomic E-state index is 0.102. The SMILES string of the molecule is CC(C)(C)OC(=O)N1CCC(c2nc(-c3cc(SC(F)(F)F)cc(C(C)(C)C)c3)c(Br)s2)CC1. The number of thiazole rings is 1. The molecule has 1 aliphatic rings. The highest BCUT2D eigenvalue weighted by Crippen LogP contribution is 2.44. The first-order valence-electron chi connectivity index (χ1n) is 11.1. The number of halogens is 4. The smallest absolute Gasteiger partial charge is 0.444 e. The summed E-state index contributed by atoms with van der Waals surface area (Å²) < 4.78 is 45.6. The quantitative estimate of drug-likeness (QED) is 0.342. The molecular formula is C24H30BrF3N2O2S2. The van der Waals surface area contributed by atoms with Crippen LogP contribution >= 0.6 is 39.0 Å². The van der Waals surface area contributed by atoms with Gasteiger partial charge in [-0.1, -0.05) is 20.8 Å². The van der Waals surface area contributed by atoms with Gasteiger partial charge in [0.25, 0.3) is 0 Å². The van der Waals surface area contributed by atoms with Crippen molar-refractivity contribution in [1.82, 2.24) is 9.88 Å². The number of thioether (sulfide) groups is 1. The van der Waals surface area contributed by atoms with Crippen LogP contribution in [0.25, 0.3) is 11.3 Å². The first kappa shape index (κ1) is 27.3. The molecule has 2 heterocycles. The summed E-state index contributed by atoms with van der Waals surface area (Å²) in [4.78, 5) is 19.1. The molecule has 10 heteroatoms. The van der Waals surface area contributed by atoms with Crippen molar-refractivity contribution in [2.24, 2.45) is 0 Å². The van der Waals surface area contributed by atoms with E-state index >= 15 is 0 Å². The first-order chi connectivity index (χ1) is 15.5. The molecule has 0 spiro atoms. The van der Waals surface area contributed by atoms with Crippen LogP contribution in [0.2, 0.25) is 0 Å². The number of alkyl halides is 3. The van der Waals surface area contributed by atoms with Gasteiger partial charge in [-0.25, -0.2) is 9.78 Å². The number of piperidine rings is 1. The Morgan fingerprint density at radius 1 is 1.12 bits per heavy atom. The summed E-state index contributed by atoms with van der Waals surface area (Å²) in [6, 6.07) is 5.09. The molecule has 0 bridgehead atoms. The molecule has 1 fully saturated rings. The van der Waals surface area contributed by atoms with Gasteiger partial charge in [-0.05, 0) is 90.5 Å². The number of amides is 1. The predicted molar refractivity (Wildman–Crippen MR) is 136 cm³/mol. The molecule has 0 aliphatic carbocycles. The fourth-order valence-electron chi connectivity index (χ4n) is 3.67. The largest absolute Gasteiger partial charge is 0.446 e. The number of ether oxygens (including phenoxy) is 1. The average Bonchev–Trinajstić information content (AvgIpc) is 3.06. The second kappa shape index (κ2) is 10.0. The third kappa shape index (κ3) is 7.37. The van der Waals surface area contributed by atoms with Crippen molar-refractivity contribution in [2.75, 3.05) is 13.1 Å². The van der Waals surface area contributed by atoms with Gasteiger partial charge in [0, 0.05) is 29.5 Å². The Morgan fingerprint density at radius 2 is 1.74 bits per heavy atom. The monoisotopic (exact) mass is 578 g/mol. The third-order valence-electron chi connectivity index (χ3n) is 5.38. The third-order valence-corrected chi connectivity index (χ3v) is 7.95. The summed E-state index contributed by atoms with van der Waals surface area (Å²) in [5.74, 6) is 0.184. The van der Waals surface area contributed by atoms with Gasteiger partial charge >= 0.3 is 11.6 Å². The Hall–Kier alpha value is -1.26. The molecule has 0 atom stereocenters. The van der Waals surface area contributed by atoms with Crippen molar-refractivity contribution in [3.63, 3.8) is 0 Å². The molecule has 188 valence electrons. The lowest BCUT2D eigenvalue weighted by Crippen LogP contribution is -2.41. The number of carbonyl (C=O) groups is 1. The summed E-state index contributed by atoms with van der Waals surface area (Å²) in [5, 5.41) is 0.928. The Balaban J connectivity index is 1.82. The summed E-state index contributed by atoms with van der Waals surface area (Å²) in [5.41, 5.74) is -3.06. The molecular weight excluding hydrogens is 549 g/mol. The number of benzene rings is 1. The van der Waals surface area contributed by atoms with Gasteiger partial charge in [-0.2, -0.15) is 13.2 Å². The standard InChI is InChI=1S/C24H30BrF3N2O2S2/c1-22(2,3)16-11-15(12-17(13-16)34-24(26,27)28)18-19(25)33-20(29-18)14-7-9-30(10-8-14)21(31)32-23(4,5)6/h11-14H,7-10H2,1-6H3. The molecule has 0 radical (unpaired) electrons. The van der Waals surface area contributed by atoms with E-state index in [2.05, 4.69) is 15.9 Å². The van der Waals surface area contributed by atoms with Crippen molar-refractivity contribution in [2.45, 2.75) is 81.7 Å². The maximum Gasteiger partial charge on any atom is 0.446 e. The highest BCUT2D eigenvalue weighted by molar-refractivity contribution is 9.11. The molecule has 2 aromatic rings. The van der Waals surface area contributed by atoms with Crippen LogP contribution in [0.1, 0.15) is 70.9 Å². The van der Waals surface area contributed by atoms with Crippen LogP contribution in [0.4, 0.5) is 18.0 Å². The number of aromatic nitrogens is 1. The number of nitrogens with zero attached hydrogens (tertiary/aromatic N) is 2. The summed E-state index contributed by atoms with van der Waals surface area (Å²) in [7, 11) is 0. The van der Waals surface area contributed by atoms with Gasteiger partial charge in [0.1, 0.15) is 5.60 Å². The van der Waals surface area contributed by atoms with Crippen LogP contribution in [0.15, 0.2) is 26.9 Å². The summed E-state index contributed by atoms with van der Waals surface area (Å²) in [6.45, 7) is 12.6. The molecule has 0 saturated carbocycles. The maximum atomic E-state index is 13.1. The topological polar surface area (TPSA) is 42.4 Å². The highest BCUT2D eigenvalue weighted by Gasteiger charge is 2.32. The Bertz CT molecular complexity index is 1030. The van der Waals surface area contributed by atoms with Crippen LogP contribution < -0.4 is 0 Å². The molecule has 1 aromatic carbocycles.